The quantitative estimate of drug-likeness (QED) is 0.403. The lowest BCUT2D eigenvalue weighted by Crippen LogP contribution is -2.45. The van der Waals surface area contributed by atoms with Gasteiger partial charge in [-0.3, -0.25) is 4.90 Å². The van der Waals surface area contributed by atoms with Gasteiger partial charge in [-0.25, -0.2) is 15.0 Å². The molecule has 0 radical (unpaired) electrons. The number of hydrogen-bond donors (Lipinski definition) is 1. The van der Waals surface area contributed by atoms with Crippen molar-refractivity contribution in [1.82, 2.24) is 29.7 Å². The summed E-state index contributed by atoms with van der Waals surface area (Å²) >= 11 is 0. The van der Waals surface area contributed by atoms with Gasteiger partial charge in [-0.1, -0.05) is 37.3 Å². The number of piperazine rings is 1. The summed E-state index contributed by atoms with van der Waals surface area (Å²) in [5.41, 5.74) is 2.99. The molecule has 1 atom stereocenters. The summed E-state index contributed by atoms with van der Waals surface area (Å²) in [6.45, 7) is 10.7. The Labute approximate surface area is 212 Å². The van der Waals surface area contributed by atoms with Gasteiger partial charge in [-0.05, 0) is 42.8 Å². The maximum Gasteiger partial charge on any atom is 0.162 e. The molecule has 188 valence electrons. The van der Waals surface area contributed by atoms with Crippen molar-refractivity contribution in [2.75, 3.05) is 50.8 Å². The van der Waals surface area contributed by atoms with Crippen LogP contribution in [0.1, 0.15) is 31.7 Å². The lowest BCUT2D eigenvalue weighted by molar-refractivity contribution is 0.127. The smallest absolute Gasteiger partial charge is 0.162 e. The highest BCUT2D eigenvalue weighted by Gasteiger charge is 2.29. The molecule has 2 aliphatic rings. The summed E-state index contributed by atoms with van der Waals surface area (Å²) in [6.07, 6.45) is 6.73. The normalized spacial score (nSPS) is 19.5. The van der Waals surface area contributed by atoms with E-state index in [0.29, 0.717) is 6.61 Å². The van der Waals surface area contributed by atoms with E-state index in [1.54, 1.807) is 12.7 Å². The van der Waals surface area contributed by atoms with Crippen molar-refractivity contribution in [2.24, 2.45) is 0 Å². The van der Waals surface area contributed by atoms with Crippen molar-refractivity contribution in [3.8, 4) is 5.75 Å². The van der Waals surface area contributed by atoms with E-state index in [1.807, 2.05) is 0 Å². The number of hydrogen-bond acceptors (Lipinski definition) is 7. The lowest BCUT2D eigenvalue weighted by Gasteiger charge is -2.34. The van der Waals surface area contributed by atoms with Crippen molar-refractivity contribution < 1.29 is 4.74 Å². The molecule has 0 aliphatic carbocycles. The van der Waals surface area contributed by atoms with E-state index in [0.717, 1.165) is 61.8 Å². The Balaban J connectivity index is 1.17. The van der Waals surface area contributed by atoms with Gasteiger partial charge in [0.1, 0.15) is 24.2 Å². The fourth-order valence-electron chi connectivity index (χ4n) is 5.76. The number of ether oxygens (including phenoxy) is 1. The molecule has 4 aromatic rings. The van der Waals surface area contributed by atoms with Crippen LogP contribution in [0, 0.1) is 0 Å². The molecular formula is C28H35N7O. The second-order valence-corrected chi connectivity index (χ2v) is 9.98. The first-order valence-corrected chi connectivity index (χ1v) is 13.3. The molecule has 0 amide bonds. The Morgan fingerprint density at radius 1 is 0.944 bits per heavy atom. The van der Waals surface area contributed by atoms with Crippen LogP contribution in [0.5, 0.6) is 5.75 Å². The average molecular weight is 486 g/mol. The molecule has 2 aromatic carbocycles. The SMILES string of the molecule is CCCN1CCN(Cc2ccc(OC[C@H]3CCCN3c3ncnc4[nH]cnc34)c3ccccc23)CC1. The summed E-state index contributed by atoms with van der Waals surface area (Å²) in [7, 11) is 0. The van der Waals surface area contributed by atoms with Crippen LogP contribution >= 0.6 is 0 Å². The molecule has 2 fully saturated rings. The summed E-state index contributed by atoms with van der Waals surface area (Å²) in [5, 5.41) is 2.49. The summed E-state index contributed by atoms with van der Waals surface area (Å²) in [6, 6.07) is 13.4. The Kier molecular flexibility index (Phi) is 6.70. The molecule has 2 aliphatic heterocycles. The summed E-state index contributed by atoms with van der Waals surface area (Å²) < 4.78 is 6.50. The number of aromatic amines is 1. The van der Waals surface area contributed by atoms with Gasteiger partial charge in [0.05, 0.1) is 12.4 Å². The van der Waals surface area contributed by atoms with Gasteiger partial charge >= 0.3 is 0 Å². The Morgan fingerprint density at radius 3 is 2.64 bits per heavy atom. The third kappa shape index (κ3) is 4.63. The van der Waals surface area contributed by atoms with Crippen LogP contribution in [0.25, 0.3) is 21.9 Å². The van der Waals surface area contributed by atoms with Crippen molar-refractivity contribution in [2.45, 2.75) is 38.8 Å². The molecular weight excluding hydrogens is 450 g/mol. The fourth-order valence-corrected chi connectivity index (χ4v) is 5.76. The number of aromatic nitrogens is 4. The number of anilines is 1. The third-order valence-corrected chi connectivity index (χ3v) is 7.65. The zero-order valence-electron chi connectivity index (χ0n) is 21.1. The Morgan fingerprint density at radius 2 is 1.78 bits per heavy atom. The van der Waals surface area contributed by atoms with Gasteiger partial charge in [-0.15, -0.1) is 0 Å². The highest BCUT2D eigenvalue weighted by molar-refractivity contribution is 5.91. The molecule has 1 N–H and O–H groups in total. The molecule has 8 nitrogen and oxygen atoms in total. The van der Waals surface area contributed by atoms with Gasteiger partial charge < -0.3 is 19.5 Å². The molecule has 2 saturated heterocycles. The number of imidazole rings is 1. The highest BCUT2D eigenvalue weighted by Crippen LogP contribution is 2.32. The van der Waals surface area contributed by atoms with E-state index in [2.05, 4.69) is 78.0 Å². The zero-order chi connectivity index (χ0) is 24.3. The Hall–Kier alpha value is -3.23. The first-order chi connectivity index (χ1) is 17.8. The van der Waals surface area contributed by atoms with Crippen LogP contribution in [-0.4, -0.2) is 81.7 Å². The molecule has 0 saturated carbocycles. The molecule has 0 unspecified atom stereocenters. The molecule has 36 heavy (non-hydrogen) atoms. The van der Waals surface area contributed by atoms with E-state index in [4.69, 9.17) is 4.74 Å². The number of rotatable bonds is 8. The topological polar surface area (TPSA) is 73.4 Å². The molecule has 6 rings (SSSR count). The molecule has 0 bridgehead atoms. The standard InChI is InChI=1S/C28H35N7O/c1-2-11-33-13-15-34(16-14-33)17-21-9-10-25(24-8-4-3-7-23(21)24)36-18-22-6-5-12-35(22)28-26-27(30-19-29-26)31-20-32-28/h3-4,7-10,19-20,22H,2,5-6,11-18H2,1H3,(H,29,30,31,32)/t22-/m1/s1. The monoisotopic (exact) mass is 485 g/mol. The largest absolute Gasteiger partial charge is 0.491 e. The molecule has 8 heteroatoms. The highest BCUT2D eigenvalue weighted by atomic mass is 16.5. The van der Waals surface area contributed by atoms with Crippen LogP contribution in [0.2, 0.25) is 0 Å². The third-order valence-electron chi connectivity index (χ3n) is 7.65. The zero-order valence-corrected chi connectivity index (χ0v) is 21.1. The van der Waals surface area contributed by atoms with Crippen LogP contribution in [0.4, 0.5) is 5.82 Å². The molecule has 4 heterocycles. The first-order valence-electron chi connectivity index (χ1n) is 13.3. The first kappa shape index (κ1) is 23.2. The number of H-pyrrole nitrogens is 1. The average Bonchev–Trinajstić information content (AvgIpc) is 3.59. The van der Waals surface area contributed by atoms with Crippen molar-refractivity contribution >= 4 is 27.8 Å². The Bertz CT molecular complexity index is 1310. The second kappa shape index (κ2) is 10.4. The maximum atomic E-state index is 6.50. The van der Waals surface area contributed by atoms with Crippen molar-refractivity contribution in [3.63, 3.8) is 0 Å². The van der Waals surface area contributed by atoms with E-state index in [9.17, 15) is 0 Å². The lowest BCUT2D eigenvalue weighted by atomic mass is 10.0. The van der Waals surface area contributed by atoms with Gasteiger partial charge in [-0.2, -0.15) is 0 Å². The number of benzene rings is 2. The minimum Gasteiger partial charge on any atom is -0.491 e. The number of fused-ring (bicyclic) bond motifs is 2. The number of nitrogens with one attached hydrogen (secondary N) is 1. The van der Waals surface area contributed by atoms with Gasteiger partial charge in [0.25, 0.3) is 0 Å². The summed E-state index contributed by atoms with van der Waals surface area (Å²) in [4.78, 5) is 23.9. The van der Waals surface area contributed by atoms with Gasteiger partial charge in [0.15, 0.2) is 11.5 Å². The molecule has 0 spiro atoms. The van der Waals surface area contributed by atoms with Crippen molar-refractivity contribution in [1.29, 1.82) is 0 Å². The maximum absolute atomic E-state index is 6.50. The number of nitrogens with zero attached hydrogens (tertiary/aromatic N) is 6. The second-order valence-electron chi connectivity index (χ2n) is 9.98. The van der Waals surface area contributed by atoms with Gasteiger partial charge in [0, 0.05) is 44.7 Å². The minimum atomic E-state index is 0.262. The van der Waals surface area contributed by atoms with Crippen LogP contribution in [-0.2, 0) is 6.54 Å². The predicted octanol–water partition coefficient (Wildman–Crippen LogP) is 4.08. The minimum absolute atomic E-state index is 0.262. The van der Waals surface area contributed by atoms with Gasteiger partial charge in [0.2, 0.25) is 0 Å². The van der Waals surface area contributed by atoms with E-state index < -0.39 is 0 Å². The van der Waals surface area contributed by atoms with E-state index in [1.165, 1.54) is 42.4 Å². The summed E-state index contributed by atoms with van der Waals surface area (Å²) in [5.74, 6) is 1.85. The van der Waals surface area contributed by atoms with Crippen molar-refractivity contribution in [3.05, 3.63) is 54.6 Å². The van der Waals surface area contributed by atoms with E-state index in [-0.39, 0.29) is 6.04 Å². The van der Waals surface area contributed by atoms with Crippen LogP contribution in [0.15, 0.2) is 49.1 Å². The fraction of sp³-hybridized carbons (Fsp3) is 0.464. The van der Waals surface area contributed by atoms with Crippen LogP contribution in [0.3, 0.4) is 0 Å². The van der Waals surface area contributed by atoms with Crippen LogP contribution < -0.4 is 9.64 Å². The van der Waals surface area contributed by atoms with E-state index >= 15 is 0 Å². The molecule has 2 aromatic heterocycles. The predicted molar refractivity (Wildman–Crippen MR) is 144 cm³/mol.